The summed E-state index contributed by atoms with van der Waals surface area (Å²) in [6, 6.07) is 9.32. The van der Waals surface area contributed by atoms with Crippen molar-refractivity contribution in [2.24, 2.45) is 0 Å². The van der Waals surface area contributed by atoms with Crippen LogP contribution >= 0.6 is 0 Å². The molecule has 1 saturated heterocycles. The SMILES string of the molecule is COc1cnc(-n2ccnn2)c2[nH]cc(C(=O)C(=O)N3CCN(c4nnnn4-c4ccccc4)C[C@@H]3C)c12. The molecular weight excluding hydrogens is 490 g/mol. The Balaban J connectivity index is 1.25. The number of pyridine rings is 1. The van der Waals surface area contributed by atoms with Gasteiger partial charge in [-0.05, 0) is 29.5 Å². The molecule has 5 aromatic rings. The molecule has 0 bridgehead atoms. The maximum atomic E-state index is 13.5. The van der Waals surface area contributed by atoms with Crippen molar-refractivity contribution in [1.82, 2.24) is 50.1 Å². The molecule has 192 valence electrons. The van der Waals surface area contributed by atoms with Crippen LogP contribution in [0.4, 0.5) is 5.95 Å². The van der Waals surface area contributed by atoms with Gasteiger partial charge in [-0.2, -0.15) is 4.68 Å². The second-order valence-electron chi connectivity index (χ2n) is 8.80. The summed E-state index contributed by atoms with van der Waals surface area (Å²) >= 11 is 0. The molecule has 0 aliphatic carbocycles. The molecule has 1 aromatic carbocycles. The fourth-order valence-corrected chi connectivity index (χ4v) is 4.74. The highest BCUT2D eigenvalue weighted by Gasteiger charge is 2.35. The Morgan fingerprint density at radius 2 is 1.97 bits per heavy atom. The predicted molar refractivity (Wildman–Crippen MR) is 134 cm³/mol. The molecule has 1 fully saturated rings. The molecule has 14 nitrogen and oxygen atoms in total. The van der Waals surface area contributed by atoms with Crippen LogP contribution in [0.3, 0.4) is 0 Å². The van der Waals surface area contributed by atoms with Crippen molar-refractivity contribution < 1.29 is 14.3 Å². The molecule has 4 aromatic heterocycles. The van der Waals surface area contributed by atoms with Crippen molar-refractivity contribution in [2.45, 2.75) is 13.0 Å². The number of anilines is 1. The number of piperazine rings is 1. The maximum absolute atomic E-state index is 13.5. The number of aromatic amines is 1. The van der Waals surface area contributed by atoms with Gasteiger partial charge in [-0.25, -0.2) is 9.67 Å². The second-order valence-corrected chi connectivity index (χ2v) is 8.80. The van der Waals surface area contributed by atoms with Gasteiger partial charge in [-0.15, -0.1) is 5.10 Å². The third kappa shape index (κ3) is 3.82. The van der Waals surface area contributed by atoms with Crippen LogP contribution in [0.2, 0.25) is 0 Å². The fraction of sp³-hybridized carbons (Fsp3) is 0.250. The van der Waals surface area contributed by atoms with Crippen molar-refractivity contribution in [2.75, 3.05) is 31.6 Å². The molecule has 1 aliphatic heterocycles. The summed E-state index contributed by atoms with van der Waals surface area (Å²) < 4.78 is 8.60. The van der Waals surface area contributed by atoms with E-state index >= 15 is 0 Å². The summed E-state index contributed by atoms with van der Waals surface area (Å²) in [5.41, 5.74) is 1.55. The van der Waals surface area contributed by atoms with Crippen molar-refractivity contribution in [3.63, 3.8) is 0 Å². The Morgan fingerprint density at radius 3 is 2.71 bits per heavy atom. The van der Waals surface area contributed by atoms with Gasteiger partial charge in [0.2, 0.25) is 0 Å². The van der Waals surface area contributed by atoms with E-state index in [0.29, 0.717) is 48.1 Å². The lowest BCUT2D eigenvalue weighted by Gasteiger charge is -2.39. The first kappa shape index (κ1) is 23.3. The molecule has 0 unspecified atom stereocenters. The van der Waals surface area contributed by atoms with Gasteiger partial charge in [0.25, 0.3) is 17.6 Å². The van der Waals surface area contributed by atoms with Crippen molar-refractivity contribution >= 4 is 28.5 Å². The molecule has 6 rings (SSSR count). The van der Waals surface area contributed by atoms with E-state index in [1.54, 1.807) is 15.8 Å². The number of tetrazole rings is 1. The first-order valence-corrected chi connectivity index (χ1v) is 11.9. The number of Topliss-reactive ketones (excluding diaryl/α,β-unsaturated/α-hetero) is 1. The minimum atomic E-state index is -0.639. The Morgan fingerprint density at radius 1 is 1.13 bits per heavy atom. The standard InChI is InChI=1S/C24H23N11O3/c1-15-14-32(24-28-29-31-35(24)16-6-4-3-5-7-16)10-11-33(15)23(37)21(36)17-12-25-20-19(17)18(38-2)13-26-22(20)34-9-8-27-30-34/h3-9,12-13,15,25H,10-11,14H2,1-2H3/t15-/m0/s1. The maximum Gasteiger partial charge on any atom is 0.295 e. The van der Waals surface area contributed by atoms with E-state index in [9.17, 15) is 9.59 Å². The zero-order valence-electron chi connectivity index (χ0n) is 20.6. The number of aromatic nitrogens is 9. The fourth-order valence-electron chi connectivity index (χ4n) is 4.74. The Kier molecular flexibility index (Phi) is 5.75. The van der Waals surface area contributed by atoms with Gasteiger partial charge in [-0.1, -0.05) is 28.5 Å². The van der Waals surface area contributed by atoms with Gasteiger partial charge in [0.1, 0.15) is 5.75 Å². The van der Waals surface area contributed by atoms with Crippen molar-refractivity contribution in [3.8, 4) is 17.3 Å². The monoisotopic (exact) mass is 513 g/mol. The minimum absolute atomic E-state index is 0.202. The number of rotatable bonds is 6. The van der Waals surface area contributed by atoms with Gasteiger partial charge >= 0.3 is 0 Å². The zero-order chi connectivity index (χ0) is 26.2. The number of benzene rings is 1. The number of nitrogens with one attached hydrogen (secondary N) is 1. The molecule has 0 spiro atoms. The van der Waals surface area contributed by atoms with Gasteiger partial charge in [0, 0.05) is 31.9 Å². The first-order valence-electron chi connectivity index (χ1n) is 11.9. The number of para-hydroxylation sites is 1. The lowest BCUT2D eigenvalue weighted by Crippen LogP contribution is -2.56. The lowest BCUT2D eigenvalue weighted by molar-refractivity contribution is -0.128. The molecule has 1 atom stereocenters. The van der Waals surface area contributed by atoms with E-state index in [1.165, 1.54) is 30.4 Å². The normalized spacial score (nSPS) is 15.7. The van der Waals surface area contributed by atoms with E-state index in [-0.39, 0.29) is 11.6 Å². The summed E-state index contributed by atoms with van der Waals surface area (Å²) in [5, 5.41) is 20.4. The van der Waals surface area contributed by atoms with E-state index in [2.05, 4.69) is 35.8 Å². The van der Waals surface area contributed by atoms with E-state index in [0.717, 1.165) is 5.69 Å². The number of H-pyrrole nitrogens is 1. The van der Waals surface area contributed by atoms with Gasteiger partial charge < -0.3 is 19.5 Å². The number of hydrogen-bond acceptors (Lipinski definition) is 10. The average molecular weight is 514 g/mol. The third-order valence-corrected chi connectivity index (χ3v) is 6.58. The van der Waals surface area contributed by atoms with Crippen LogP contribution in [-0.2, 0) is 4.79 Å². The topological polar surface area (TPSA) is 153 Å². The number of amides is 1. The number of ketones is 1. The highest BCUT2D eigenvalue weighted by molar-refractivity contribution is 6.45. The first-order chi connectivity index (χ1) is 18.6. The number of carbonyl (C=O) groups is 2. The second kappa shape index (κ2) is 9.38. The average Bonchev–Trinajstić information content (AvgIpc) is 3.73. The highest BCUT2D eigenvalue weighted by Crippen LogP contribution is 2.32. The molecule has 1 amide bonds. The van der Waals surface area contributed by atoms with Crippen LogP contribution in [0.1, 0.15) is 17.3 Å². The van der Waals surface area contributed by atoms with Crippen molar-refractivity contribution in [1.29, 1.82) is 0 Å². The van der Waals surface area contributed by atoms with Crippen molar-refractivity contribution in [3.05, 3.63) is 60.7 Å². The summed E-state index contributed by atoms with van der Waals surface area (Å²) in [7, 11) is 1.49. The van der Waals surface area contributed by atoms with Crippen LogP contribution in [0.5, 0.6) is 5.75 Å². The molecule has 0 saturated carbocycles. The molecular formula is C24H23N11O3. The molecule has 1 aliphatic rings. The molecule has 38 heavy (non-hydrogen) atoms. The zero-order valence-corrected chi connectivity index (χ0v) is 20.6. The highest BCUT2D eigenvalue weighted by atomic mass is 16.5. The van der Waals surface area contributed by atoms with Crippen LogP contribution < -0.4 is 9.64 Å². The quantitative estimate of drug-likeness (QED) is 0.257. The van der Waals surface area contributed by atoms with Crippen LogP contribution in [0.15, 0.2) is 55.1 Å². The van der Waals surface area contributed by atoms with E-state index < -0.39 is 11.7 Å². The number of methoxy groups -OCH3 is 1. The summed E-state index contributed by atoms with van der Waals surface area (Å²) in [4.78, 5) is 38.0. The summed E-state index contributed by atoms with van der Waals surface area (Å²) in [5.74, 6) is 0.146. The Labute approximate surface area is 215 Å². The smallest absolute Gasteiger partial charge is 0.295 e. The van der Waals surface area contributed by atoms with Gasteiger partial charge in [0.15, 0.2) is 5.82 Å². The van der Waals surface area contributed by atoms with Crippen LogP contribution in [0, 0.1) is 0 Å². The molecule has 0 radical (unpaired) electrons. The van der Waals surface area contributed by atoms with Gasteiger partial charge in [-0.3, -0.25) is 9.59 Å². The number of hydrogen-bond donors (Lipinski definition) is 1. The number of nitrogens with zero attached hydrogens (tertiary/aromatic N) is 10. The summed E-state index contributed by atoms with van der Waals surface area (Å²) in [6.07, 6.45) is 6.16. The molecule has 1 N–H and O–H groups in total. The number of ether oxygens (including phenoxy) is 1. The largest absolute Gasteiger partial charge is 0.494 e. The molecule has 14 heteroatoms. The van der Waals surface area contributed by atoms with E-state index in [4.69, 9.17) is 4.74 Å². The Bertz CT molecular complexity index is 1610. The summed E-state index contributed by atoms with van der Waals surface area (Å²) in [6.45, 7) is 3.16. The van der Waals surface area contributed by atoms with E-state index in [1.807, 2.05) is 42.2 Å². The number of carbonyl (C=O) groups excluding carboxylic acids is 2. The third-order valence-electron chi connectivity index (χ3n) is 6.58. The lowest BCUT2D eigenvalue weighted by atomic mass is 10.1. The van der Waals surface area contributed by atoms with Crippen LogP contribution in [-0.4, -0.2) is 94.5 Å². The Hall–Kier alpha value is -5.14. The number of fused-ring (bicyclic) bond motifs is 1. The van der Waals surface area contributed by atoms with Crippen LogP contribution in [0.25, 0.3) is 22.4 Å². The molecule has 5 heterocycles. The predicted octanol–water partition coefficient (Wildman–Crippen LogP) is 1.05. The minimum Gasteiger partial charge on any atom is -0.494 e. The van der Waals surface area contributed by atoms with Gasteiger partial charge in [0.05, 0.1) is 47.9 Å².